The van der Waals surface area contributed by atoms with Gasteiger partial charge in [-0.1, -0.05) is 12.1 Å². The first-order chi connectivity index (χ1) is 11.9. The molecule has 0 saturated carbocycles. The van der Waals surface area contributed by atoms with E-state index in [1.54, 1.807) is 25.1 Å². The lowest BCUT2D eigenvalue weighted by Crippen LogP contribution is -2.42. The Kier molecular flexibility index (Phi) is 6.91. The lowest BCUT2D eigenvalue weighted by atomic mass is 10.1. The number of nitrogens with one attached hydrogen (secondary N) is 1. The molecule has 2 rings (SSSR count). The molecule has 138 valence electrons. The summed E-state index contributed by atoms with van der Waals surface area (Å²) in [4.78, 5) is 24.0. The van der Waals surface area contributed by atoms with Gasteiger partial charge in [-0.25, -0.2) is 13.2 Å². The zero-order valence-electron chi connectivity index (χ0n) is 14.1. The van der Waals surface area contributed by atoms with Gasteiger partial charge in [0.1, 0.15) is 0 Å². The third kappa shape index (κ3) is 5.52. The summed E-state index contributed by atoms with van der Waals surface area (Å²) in [6, 6.07) is 6.44. The van der Waals surface area contributed by atoms with Crippen LogP contribution in [0.1, 0.15) is 23.7 Å². The van der Waals surface area contributed by atoms with E-state index in [-0.39, 0.29) is 24.3 Å². The number of anilines is 1. The summed E-state index contributed by atoms with van der Waals surface area (Å²) >= 11 is 0. The second kappa shape index (κ2) is 8.93. The molecule has 1 fully saturated rings. The molecule has 0 aliphatic carbocycles. The Morgan fingerprint density at radius 1 is 1.24 bits per heavy atom. The summed E-state index contributed by atoms with van der Waals surface area (Å²) in [6.07, 6.45) is -0.198. The minimum atomic E-state index is -3.50. The molecule has 1 aromatic carbocycles. The molecule has 1 N–H and O–H groups in total. The highest BCUT2D eigenvalue weighted by molar-refractivity contribution is 7.89. The quantitative estimate of drug-likeness (QED) is 0.714. The van der Waals surface area contributed by atoms with Gasteiger partial charge in [0.05, 0.1) is 36.8 Å². The predicted molar refractivity (Wildman–Crippen MR) is 91.8 cm³/mol. The average molecular weight is 370 g/mol. The maximum absolute atomic E-state index is 12.2. The predicted octanol–water partition coefficient (Wildman–Crippen LogP) is 0.854. The van der Waals surface area contributed by atoms with E-state index in [2.05, 4.69) is 5.32 Å². The van der Waals surface area contributed by atoms with Crippen molar-refractivity contribution in [3.8, 4) is 0 Å². The number of rotatable bonds is 7. The highest BCUT2D eigenvalue weighted by Gasteiger charge is 2.25. The Balaban J connectivity index is 1.95. The van der Waals surface area contributed by atoms with Gasteiger partial charge in [0.2, 0.25) is 15.9 Å². The molecule has 25 heavy (non-hydrogen) atoms. The van der Waals surface area contributed by atoms with Crippen molar-refractivity contribution >= 4 is 27.6 Å². The van der Waals surface area contributed by atoms with E-state index in [1.807, 2.05) is 0 Å². The Morgan fingerprint density at radius 3 is 2.60 bits per heavy atom. The van der Waals surface area contributed by atoms with Crippen LogP contribution in [0.25, 0.3) is 0 Å². The molecule has 1 saturated heterocycles. The number of carbonyl (C=O) groups excluding carboxylic acids is 2. The van der Waals surface area contributed by atoms with E-state index in [9.17, 15) is 18.0 Å². The maximum atomic E-state index is 12.2. The van der Waals surface area contributed by atoms with Crippen LogP contribution in [-0.4, -0.2) is 63.3 Å². The number of hydrogen-bond donors (Lipinski definition) is 1. The number of sulfonamides is 1. The number of amides is 1. The number of hydrogen-bond acceptors (Lipinski definition) is 6. The van der Waals surface area contributed by atoms with Crippen molar-refractivity contribution in [3.63, 3.8) is 0 Å². The summed E-state index contributed by atoms with van der Waals surface area (Å²) in [7, 11) is -3.50. The molecular weight excluding hydrogens is 348 g/mol. The number of morpholine rings is 1. The van der Waals surface area contributed by atoms with Crippen molar-refractivity contribution in [2.45, 2.75) is 13.3 Å². The lowest BCUT2D eigenvalue weighted by molar-refractivity contribution is -0.115. The molecule has 1 aliphatic heterocycles. The van der Waals surface area contributed by atoms with Crippen LogP contribution in [0, 0.1) is 0 Å². The van der Waals surface area contributed by atoms with Crippen LogP contribution in [-0.2, 0) is 24.3 Å². The van der Waals surface area contributed by atoms with E-state index in [0.717, 1.165) is 0 Å². The number of esters is 1. The third-order valence-electron chi connectivity index (χ3n) is 3.65. The third-order valence-corrected chi connectivity index (χ3v) is 5.52. The minimum Gasteiger partial charge on any atom is -0.462 e. The fraction of sp³-hybridized carbons (Fsp3) is 0.500. The van der Waals surface area contributed by atoms with Crippen molar-refractivity contribution < 1.29 is 27.5 Å². The maximum Gasteiger partial charge on any atom is 0.340 e. The number of ether oxygens (including phenoxy) is 2. The molecule has 0 radical (unpaired) electrons. The summed E-state index contributed by atoms with van der Waals surface area (Å²) < 4.78 is 35.8. The first-order valence-electron chi connectivity index (χ1n) is 8.05. The molecule has 0 aromatic heterocycles. The van der Waals surface area contributed by atoms with Crippen molar-refractivity contribution in [3.05, 3.63) is 29.8 Å². The van der Waals surface area contributed by atoms with Gasteiger partial charge in [0.25, 0.3) is 0 Å². The number of nitrogens with zero attached hydrogens (tertiary/aromatic N) is 1. The van der Waals surface area contributed by atoms with Crippen molar-refractivity contribution in [2.24, 2.45) is 0 Å². The topological polar surface area (TPSA) is 102 Å². The van der Waals surface area contributed by atoms with E-state index in [0.29, 0.717) is 32.0 Å². The SMILES string of the molecule is CCOC(=O)c1ccccc1NC(=O)CCS(=O)(=O)N1CCOCC1. The summed E-state index contributed by atoms with van der Waals surface area (Å²) in [5.41, 5.74) is 0.531. The second-order valence-electron chi connectivity index (χ2n) is 5.39. The molecule has 0 unspecified atom stereocenters. The zero-order valence-corrected chi connectivity index (χ0v) is 14.9. The van der Waals surface area contributed by atoms with Crippen molar-refractivity contribution in [1.29, 1.82) is 0 Å². The van der Waals surface area contributed by atoms with Gasteiger partial charge in [0, 0.05) is 19.5 Å². The zero-order chi connectivity index (χ0) is 18.3. The monoisotopic (exact) mass is 370 g/mol. The lowest BCUT2D eigenvalue weighted by Gasteiger charge is -2.25. The van der Waals surface area contributed by atoms with Crippen LogP contribution in [0.15, 0.2) is 24.3 Å². The first-order valence-corrected chi connectivity index (χ1v) is 9.66. The molecule has 0 bridgehead atoms. The van der Waals surface area contributed by atoms with E-state index < -0.39 is 21.9 Å². The van der Waals surface area contributed by atoms with Gasteiger partial charge in [-0.3, -0.25) is 4.79 Å². The Morgan fingerprint density at radius 2 is 1.92 bits per heavy atom. The molecule has 0 spiro atoms. The van der Waals surface area contributed by atoms with Gasteiger partial charge in [-0.2, -0.15) is 4.31 Å². The van der Waals surface area contributed by atoms with Crippen LogP contribution in [0.3, 0.4) is 0 Å². The largest absolute Gasteiger partial charge is 0.462 e. The molecule has 8 nitrogen and oxygen atoms in total. The highest BCUT2D eigenvalue weighted by atomic mass is 32.2. The van der Waals surface area contributed by atoms with Crippen LogP contribution >= 0.6 is 0 Å². The number of carbonyl (C=O) groups is 2. The fourth-order valence-corrected chi connectivity index (χ4v) is 3.77. The molecule has 9 heteroatoms. The average Bonchev–Trinajstić information content (AvgIpc) is 2.61. The standard InChI is InChI=1S/C16H22N2O6S/c1-2-24-16(20)13-5-3-4-6-14(13)17-15(19)7-12-25(21,22)18-8-10-23-11-9-18/h3-6H,2,7-12H2,1H3,(H,17,19). The van der Waals surface area contributed by atoms with Crippen LogP contribution in [0.4, 0.5) is 5.69 Å². The Hall–Kier alpha value is -1.97. The molecule has 0 atom stereocenters. The molecular formula is C16H22N2O6S. The summed E-state index contributed by atoms with van der Waals surface area (Å²) in [6.45, 7) is 3.23. The Bertz CT molecular complexity index is 713. The van der Waals surface area contributed by atoms with Crippen LogP contribution in [0.2, 0.25) is 0 Å². The van der Waals surface area contributed by atoms with Crippen molar-refractivity contribution in [2.75, 3.05) is 44.0 Å². The molecule has 1 amide bonds. The normalized spacial score (nSPS) is 15.6. The fourth-order valence-electron chi connectivity index (χ4n) is 2.37. The number of benzene rings is 1. The van der Waals surface area contributed by atoms with Gasteiger partial charge in [-0.15, -0.1) is 0 Å². The Labute approximate surface area is 147 Å². The van der Waals surface area contributed by atoms with E-state index in [1.165, 1.54) is 10.4 Å². The number of para-hydroxylation sites is 1. The van der Waals surface area contributed by atoms with Crippen LogP contribution in [0.5, 0.6) is 0 Å². The van der Waals surface area contributed by atoms with Gasteiger partial charge in [-0.05, 0) is 19.1 Å². The smallest absolute Gasteiger partial charge is 0.340 e. The molecule has 1 heterocycles. The highest BCUT2D eigenvalue weighted by Crippen LogP contribution is 2.17. The molecule has 1 aliphatic rings. The van der Waals surface area contributed by atoms with Crippen molar-refractivity contribution in [1.82, 2.24) is 4.31 Å². The van der Waals surface area contributed by atoms with Crippen LogP contribution < -0.4 is 5.32 Å². The van der Waals surface area contributed by atoms with Gasteiger partial charge < -0.3 is 14.8 Å². The summed E-state index contributed by atoms with van der Waals surface area (Å²) in [5.74, 6) is -1.31. The van der Waals surface area contributed by atoms with Gasteiger partial charge >= 0.3 is 5.97 Å². The molecule has 1 aromatic rings. The van der Waals surface area contributed by atoms with Gasteiger partial charge in [0.15, 0.2) is 0 Å². The first kappa shape index (κ1) is 19.4. The second-order valence-corrected chi connectivity index (χ2v) is 7.48. The van der Waals surface area contributed by atoms with E-state index in [4.69, 9.17) is 9.47 Å². The van der Waals surface area contributed by atoms with E-state index >= 15 is 0 Å². The minimum absolute atomic E-state index is 0.198. The summed E-state index contributed by atoms with van der Waals surface area (Å²) in [5, 5.41) is 2.58.